The smallest absolute Gasteiger partial charge is 0.411 e. The summed E-state index contributed by atoms with van der Waals surface area (Å²) >= 11 is 6.07. The first-order valence-electron chi connectivity index (χ1n) is 9.27. The Morgan fingerprint density at radius 1 is 1.14 bits per heavy atom. The van der Waals surface area contributed by atoms with Crippen LogP contribution in [0.3, 0.4) is 0 Å². The van der Waals surface area contributed by atoms with Crippen molar-refractivity contribution in [2.24, 2.45) is 0 Å². The average molecular weight is 401 g/mol. The molecule has 3 rings (SSSR count). The summed E-state index contributed by atoms with van der Waals surface area (Å²) in [7, 11) is 0. The number of halogens is 1. The number of carbonyl (C=O) groups is 2. The molecule has 28 heavy (non-hydrogen) atoms. The fraction of sp³-hybridized carbons (Fsp3) is 0.364. The molecule has 0 fully saturated rings. The number of amides is 2. The molecule has 2 aromatic rings. The van der Waals surface area contributed by atoms with E-state index in [1.165, 1.54) is 4.90 Å². The number of carbonyl (C=O) groups excluding carboxylic acids is 2. The van der Waals surface area contributed by atoms with Crippen LogP contribution in [-0.4, -0.2) is 28.5 Å². The second kappa shape index (κ2) is 7.84. The van der Waals surface area contributed by atoms with Gasteiger partial charge in [-0.2, -0.15) is 0 Å². The Morgan fingerprint density at radius 2 is 1.82 bits per heavy atom. The summed E-state index contributed by atoms with van der Waals surface area (Å²) in [6, 6.07) is 12.5. The number of nitrogens with one attached hydrogen (secondary N) is 1. The molecule has 0 bridgehead atoms. The number of hydrogen-bond donors (Lipinski definition) is 1. The van der Waals surface area contributed by atoms with E-state index in [1.54, 1.807) is 12.1 Å². The SMILES string of the molecule is Cc1ccc(Cl)cc1NC(=O)C1Cc2ccccc2CN1C(=O)OC(C)(C)C. The van der Waals surface area contributed by atoms with E-state index in [-0.39, 0.29) is 5.91 Å². The molecule has 0 aromatic heterocycles. The number of ether oxygens (including phenoxy) is 1. The van der Waals surface area contributed by atoms with Gasteiger partial charge < -0.3 is 10.1 Å². The first-order valence-corrected chi connectivity index (χ1v) is 9.65. The predicted octanol–water partition coefficient (Wildman–Crippen LogP) is 4.95. The normalized spacial score (nSPS) is 16.3. The Morgan fingerprint density at radius 3 is 2.50 bits per heavy atom. The van der Waals surface area contributed by atoms with Gasteiger partial charge in [0.25, 0.3) is 0 Å². The molecule has 0 spiro atoms. The van der Waals surface area contributed by atoms with Crippen molar-refractivity contribution in [1.82, 2.24) is 4.90 Å². The van der Waals surface area contributed by atoms with Gasteiger partial charge in [-0.05, 0) is 56.5 Å². The molecule has 0 saturated carbocycles. The summed E-state index contributed by atoms with van der Waals surface area (Å²) < 4.78 is 5.55. The van der Waals surface area contributed by atoms with Crippen molar-refractivity contribution in [2.45, 2.75) is 52.3 Å². The third kappa shape index (κ3) is 4.65. The van der Waals surface area contributed by atoms with Gasteiger partial charge in [0.15, 0.2) is 0 Å². The minimum Gasteiger partial charge on any atom is -0.444 e. The maximum absolute atomic E-state index is 13.1. The molecule has 1 aliphatic heterocycles. The highest BCUT2D eigenvalue weighted by molar-refractivity contribution is 6.31. The summed E-state index contributed by atoms with van der Waals surface area (Å²) in [5, 5.41) is 3.47. The molecule has 1 heterocycles. The number of nitrogens with zero attached hydrogens (tertiary/aromatic N) is 1. The Balaban J connectivity index is 1.89. The minimum absolute atomic E-state index is 0.259. The van der Waals surface area contributed by atoms with Crippen LogP contribution in [0.5, 0.6) is 0 Å². The Hall–Kier alpha value is -2.53. The van der Waals surface area contributed by atoms with Gasteiger partial charge in [-0.1, -0.05) is 41.9 Å². The molecule has 1 aliphatic rings. The third-order valence-electron chi connectivity index (χ3n) is 4.64. The van der Waals surface area contributed by atoms with Gasteiger partial charge in [0.1, 0.15) is 11.6 Å². The van der Waals surface area contributed by atoms with Gasteiger partial charge in [0.05, 0.1) is 6.54 Å². The van der Waals surface area contributed by atoms with Crippen LogP contribution < -0.4 is 5.32 Å². The third-order valence-corrected chi connectivity index (χ3v) is 4.87. The Bertz CT molecular complexity index is 905. The minimum atomic E-state index is -0.664. The number of rotatable bonds is 2. The molecule has 1 atom stereocenters. The maximum Gasteiger partial charge on any atom is 0.411 e. The molecule has 2 aromatic carbocycles. The van der Waals surface area contributed by atoms with E-state index >= 15 is 0 Å². The predicted molar refractivity (Wildman–Crippen MR) is 111 cm³/mol. The number of anilines is 1. The van der Waals surface area contributed by atoms with Gasteiger partial charge >= 0.3 is 6.09 Å². The summed E-state index contributed by atoms with van der Waals surface area (Å²) in [5.74, 6) is -0.259. The maximum atomic E-state index is 13.1. The van der Waals surface area contributed by atoms with Crippen LogP contribution in [0.2, 0.25) is 5.02 Å². The molecule has 5 nitrogen and oxygen atoms in total. The first-order chi connectivity index (χ1) is 13.1. The highest BCUT2D eigenvalue weighted by atomic mass is 35.5. The molecule has 0 saturated heterocycles. The van der Waals surface area contributed by atoms with E-state index < -0.39 is 17.7 Å². The number of hydrogen-bond acceptors (Lipinski definition) is 3. The second-order valence-electron chi connectivity index (χ2n) is 8.05. The zero-order chi connectivity index (χ0) is 20.5. The summed E-state index contributed by atoms with van der Waals surface area (Å²) in [5.41, 5.74) is 2.98. The molecule has 1 N–H and O–H groups in total. The molecular formula is C22H25ClN2O3. The number of aryl methyl sites for hydroxylation is 1. The van der Waals surface area contributed by atoms with Crippen molar-refractivity contribution >= 4 is 29.3 Å². The summed E-state index contributed by atoms with van der Waals surface area (Å²) in [6.45, 7) is 7.67. The lowest BCUT2D eigenvalue weighted by atomic mass is 9.93. The van der Waals surface area contributed by atoms with Crippen LogP contribution in [0, 0.1) is 6.92 Å². The summed E-state index contributed by atoms with van der Waals surface area (Å²) in [4.78, 5) is 27.4. The zero-order valence-electron chi connectivity index (χ0n) is 16.6. The van der Waals surface area contributed by atoms with Gasteiger partial charge in [-0.15, -0.1) is 0 Å². The molecule has 1 unspecified atom stereocenters. The number of fused-ring (bicyclic) bond motifs is 1. The standard InChI is InChI=1S/C22H25ClN2O3/c1-14-9-10-17(23)12-18(14)24-20(26)19-11-15-7-5-6-8-16(15)13-25(19)21(27)28-22(2,3)4/h5-10,12,19H,11,13H2,1-4H3,(H,24,26). The lowest BCUT2D eigenvalue weighted by Crippen LogP contribution is -2.52. The molecule has 2 amide bonds. The Labute approximate surface area is 170 Å². The van der Waals surface area contributed by atoms with Gasteiger partial charge in [-0.3, -0.25) is 9.69 Å². The van der Waals surface area contributed by atoms with Crippen LogP contribution in [0.4, 0.5) is 10.5 Å². The molecule has 0 aliphatic carbocycles. The molecule has 148 valence electrons. The van der Waals surface area contributed by atoms with Gasteiger partial charge in [0, 0.05) is 17.1 Å². The zero-order valence-corrected chi connectivity index (χ0v) is 17.3. The van der Waals surface area contributed by atoms with Crippen molar-refractivity contribution in [3.8, 4) is 0 Å². The van der Waals surface area contributed by atoms with E-state index in [0.29, 0.717) is 23.7 Å². The van der Waals surface area contributed by atoms with Crippen LogP contribution >= 0.6 is 11.6 Å². The molecule has 0 radical (unpaired) electrons. The highest BCUT2D eigenvalue weighted by Gasteiger charge is 2.37. The van der Waals surface area contributed by atoms with E-state index in [1.807, 2.05) is 58.0 Å². The fourth-order valence-electron chi connectivity index (χ4n) is 3.21. The summed E-state index contributed by atoms with van der Waals surface area (Å²) in [6.07, 6.45) is -0.0640. The first kappa shape index (κ1) is 20.2. The van der Waals surface area contributed by atoms with Gasteiger partial charge in [0.2, 0.25) is 5.91 Å². The lowest BCUT2D eigenvalue weighted by Gasteiger charge is -2.37. The van der Waals surface area contributed by atoms with Crippen LogP contribution in [-0.2, 0) is 22.5 Å². The van der Waals surface area contributed by atoms with Crippen LogP contribution in [0.15, 0.2) is 42.5 Å². The largest absolute Gasteiger partial charge is 0.444 e. The van der Waals surface area contributed by atoms with Crippen molar-refractivity contribution in [1.29, 1.82) is 0 Å². The van der Waals surface area contributed by atoms with Crippen molar-refractivity contribution < 1.29 is 14.3 Å². The average Bonchev–Trinajstić information content (AvgIpc) is 2.62. The van der Waals surface area contributed by atoms with Crippen molar-refractivity contribution in [3.05, 3.63) is 64.2 Å². The van der Waals surface area contributed by atoms with Crippen LogP contribution in [0.25, 0.3) is 0 Å². The second-order valence-corrected chi connectivity index (χ2v) is 8.48. The van der Waals surface area contributed by atoms with Crippen molar-refractivity contribution in [2.75, 3.05) is 5.32 Å². The highest BCUT2D eigenvalue weighted by Crippen LogP contribution is 2.27. The van der Waals surface area contributed by atoms with E-state index in [0.717, 1.165) is 16.7 Å². The quantitative estimate of drug-likeness (QED) is 0.775. The van der Waals surface area contributed by atoms with E-state index in [4.69, 9.17) is 16.3 Å². The fourth-order valence-corrected chi connectivity index (χ4v) is 3.39. The number of benzene rings is 2. The topological polar surface area (TPSA) is 58.6 Å². The van der Waals surface area contributed by atoms with Crippen LogP contribution in [0.1, 0.15) is 37.5 Å². The Kier molecular flexibility index (Phi) is 5.66. The molecule has 6 heteroatoms. The van der Waals surface area contributed by atoms with Gasteiger partial charge in [-0.25, -0.2) is 4.79 Å². The van der Waals surface area contributed by atoms with Crippen molar-refractivity contribution in [3.63, 3.8) is 0 Å². The van der Waals surface area contributed by atoms with E-state index in [9.17, 15) is 9.59 Å². The van der Waals surface area contributed by atoms with E-state index in [2.05, 4.69) is 5.32 Å². The monoisotopic (exact) mass is 400 g/mol. The molecular weight excluding hydrogens is 376 g/mol. The lowest BCUT2D eigenvalue weighted by molar-refractivity contribution is -0.121.